The third-order valence-corrected chi connectivity index (χ3v) is 7.13. The van der Waals surface area contributed by atoms with E-state index in [1.54, 1.807) is 9.75 Å². The molecule has 148 valence electrons. The predicted molar refractivity (Wildman–Crippen MR) is 116 cm³/mol. The normalized spacial score (nSPS) is 16.6. The third-order valence-electron chi connectivity index (χ3n) is 5.92. The van der Waals surface area contributed by atoms with Gasteiger partial charge in [0.15, 0.2) is 0 Å². The van der Waals surface area contributed by atoms with Crippen LogP contribution in [0.4, 0.5) is 0 Å². The van der Waals surface area contributed by atoms with E-state index in [-0.39, 0.29) is 0 Å². The van der Waals surface area contributed by atoms with E-state index in [2.05, 4.69) is 51.2 Å². The fraction of sp³-hybridized carbons (Fsp3) is 0.583. The van der Waals surface area contributed by atoms with Crippen LogP contribution < -0.4 is 0 Å². The minimum absolute atomic E-state index is 0.950. The van der Waals surface area contributed by atoms with Crippen LogP contribution in [0.1, 0.15) is 47.9 Å². The van der Waals surface area contributed by atoms with Gasteiger partial charge in [-0.25, -0.2) is 0 Å². The summed E-state index contributed by atoms with van der Waals surface area (Å²) in [5.41, 5.74) is 1.44. The molecule has 0 N–H and O–H groups in total. The van der Waals surface area contributed by atoms with E-state index in [9.17, 15) is 0 Å². The molecule has 2 nitrogen and oxygen atoms in total. The van der Waals surface area contributed by atoms with Gasteiger partial charge in [-0.3, -0.25) is 0 Å². The first-order chi connectivity index (χ1) is 13.1. The van der Waals surface area contributed by atoms with Gasteiger partial charge >= 0.3 is 0 Å². The monoisotopic (exact) mass is 386 g/mol. The highest BCUT2D eigenvalue weighted by Gasteiger charge is 2.24. The molecule has 0 aromatic carbocycles. The number of rotatable bonds is 8. The molecule has 0 saturated carbocycles. The van der Waals surface area contributed by atoms with E-state index in [0.29, 0.717) is 0 Å². The van der Waals surface area contributed by atoms with Gasteiger partial charge in [0.25, 0.3) is 0 Å². The smallest absolute Gasteiger partial charge is 0.102 e. The van der Waals surface area contributed by atoms with Gasteiger partial charge in [0.2, 0.25) is 0 Å². The molecule has 2 aliphatic carbocycles. The van der Waals surface area contributed by atoms with Crippen LogP contribution in [0.25, 0.3) is 0 Å². The van der Waals surface area contributed by atoms with E-state index < -0.39 is 0 Å². The van der Waals surface area contributed by atoms with Crippen molar-refractivity contribution in [2.24, 2.45) is 0 Å². The third kappa shape index (κ3) is 5.91. The molecule has 1 saturated heterocycles. The highest BCUT2D eigenvalue weighted by molar-refractivity contribution is 7.11. The molecule has 4 rings (SSSR count). The minimum Gasteiger partial charge on any atom is -0.370 e. The fourth-order valence-electron chi connectivity index (χ4n) is 3.90. The molecule has 1 aliphatic heterocycles. The first-order valence-corrected chi connectivity index (χ1v) is 11.5. The number of nitrogens with zero attached hydrogens (tertiary/aromatic N) is 1. The lowest BCUT2D eigenvalue weighted by molar-refractivity contribution is -0.917. The van der Waals surface area contributed by atoms with E-state index in [4.69, 9.17) is 4.74 Å². The first-order valence-electron chi connectivity index (χ1n) is 10.7. The molecule has 0 atom stereocenters. The fourth-order valence-corrected chi connectivity index (χ4v) is 5.06. The Bertz CT molecular complexity index is 804. The molecule has 3 aliphatic rings. The summed E-state index contributed by atoms with van der Waals surface area (Å²) in [6.45, 7) is 10.0. The number of hydrogen-bond donors (Lipinski definition) is 0. The number of thiophene rings is 1. The number of morpholine rings is 1. The van der Waals surface area contributed by atoms with Gasteiger partial charge < -0.3 is 9.22 Å². The van der Waals surface area contributed by atoms with Gasteiger partial charge in [0.1, 0.15) is 13.1 Å². The van der Waals surface area contributed by atoms with Crippen LogP contribution in [-0.2, 0) is 17.6 Å². The van der Waals surface area contributed by atoms with Crippen molar-refractivity contribution in [3.05, 3.63) is 56.1 Å². The lowest BCUT2D eigenvalue weighted by Gasteiger charge is -2.37. The summed E-state index contributed by atoms with van der Waals surface area (Å²) in [5.74, 6) is 0. The number of ether oxygens (including phenoxy) is 1. The molecule has 0 spiro atoms. The van der Waals surface area contributed by atoms with Crippen LogP contribution in [0, 0.1) is 17.4 Å². The number of hydrogen-bond acceptors (Lipinski definition) is 2. The molecule has 3 heteroatoms. The Morgan fingerprint density at radius 1 is 0.963 bits per heavy atom. The second kappa shape index (κ2) is 9.86. The number of quaternary nitrogens is 1. The molecular weight excluding hydrogens is 350 g/mol. The standard InChI is InChI=1S/C17H30NOS.C7H6/c1-3-7-16-9-10-17(20-16)8-5-4-6-11-18(2)12-14-19-15-13-18;1-5-4-6-2-3-7(5)6/h9-10H,3-8,11-15H2,1-2H3;2-4H,1H3/q+1;. The van der Waals surface area contributed by atoms with Gasteiger partial charge in [-0.1, -0.05) is 31.5 Å². The van der Waals surface area contributed by atoms with Crippen molar-refractivity contribution < 1.29 is 9.22 Å². The maximum absolute atomic E-state index is 5.46. The van der Waals surface area contributed by atoms with Crippen molar-refractivity contribution in [1.29, 1.82) is 0 Å². The van der Waals surface area contributed by atoms with Crippen LogP contribution in [0.3, 0.4) is 0 Å². The topological polar surface area (TPSA) is 9.23 Å². The molecule has 1 fully saturated rings. The molecule has 2 heterocycles. The lowest BCUT2D eigenvalue weighted by Crippen LogP contribution is -2.52. The Balaban J connectivity index is 0.000000246. The van der Waals surface area contributed by atoms with Crippen LogP contribution in [0.15, 0.2) is 30.3 Å². The van der Waals surface area contributed by atoms with Crippen LogP contribution in [-0.4, -0.2) is 44.4 Å². The van der Waals surface area contributed by atoms with Gasteiger partial charge in [-0.15, -0.1) is 11.3 Å². The summed E-state index contributed by atoms with van der Waals surface area (Å²) in [7, 11) is 2.39. The number of likely N-dealkylation sites (N-methyl/N-ethyl adjacent to an activating group) is 1. The summed E-state index contributed by atoms with van der Waals surface area (Å²) in [6, 6.07) is 11.2. The van der Waals surface area contributed by atoms with Gasteiger partial charge in [-0.2, -0.15) is 0 Å². The zero-order valence-corrected chi connectivity index (χ0v) is 18.2. The number of unbranched alkanes of at least 4 members (excludes halogenated alkanes) is 2. The zero-order valence-electron chi connectivity index (χ0n) is 17.4. The Morgan fingerprint density at radius 2 is 1.70 bits per heavy atom. The van der Waals surface area contributed by atoms with Gasteiger partial charge in [-0.05, 0) is 67.2 Å². The average molecular weight is 387 g/mol. The Kier molecular flexibility index (Phi) is 7.51. The molecule has 1 aromatic heterocycles. The van der Waals surface area contributed by atoms with Crippen LogP contribution in [0.5, 0.6) is 0 Å². The SMILES string of the molecule is CCCc1ccc(CCCCC[N+]2(C)CCOCC2)s1.Cc1cc2ccc1=2. The Morgan fingerprint density at radius 3 is 2.22 bits per heavy atom. The van der Waals surface area contributed by atoms with Crippen molar-refractivity contribution in [3.8, 4) is 0 Å². The summed E-state index contributed by atoms with van der Waals surface area (Å²) >= 11 is 2.02. The quantitative estimate of drug-likeness (QED) is 0.368. The predicted octanol–water partition coefficient (Wildman–Crippen LogP) is 5.49. The minimum atomic E-state index is 0.950. The Hall–Kier alpha value is -1.16. The molecule has 0 bridgehead atoms. The second-order valence-electron chi connectivity index (χ2n) is 8.36. The zero-order chi connectivity index (χ0) is 19.1. The van der Waals surface area contributed by atoms with Crippen molar-refractivity contribution in [1.82, 2.24) is 0 Å². The van der Waals surface area contributed by atoms with Gasteiger partial charge in [0, 0.05) is 9.75 Å². The van der Waals surface area contributed by atoms with Crippen LogP contribution in [0.2, 0.25) is 0 Å². The van der Waals surface area contributed by atoms with Crippen molar-refractivity contribution in [3.63, 3.8) is 0 Å². The van der Waals surface area contributed by atoms with Crippen molar-refractivity contribution >= 4 is 11.3 Å². The molecule has 27 heavy (non-hydrogen) atoms. The molecule has 0 radical (unpaired) electrons. The van der Waals surface area contributed by atoms with E-state index in [1.807, 2.05) is 11.3 Å². The van der Waals surface area contributed by atoms with E-state index in [1.165, 1.54) is 78.6 Å². The second-order valence-corrected chi connectivity index (χ2v) is 9.61. The number of aryl methyl sites for hydroxylation is 3. The van der Waals surface area contributed by atoms with Crippen molar-refractivity contribution in [2.75, 3.05) is 39.9 Å². The number of benzene rings is 1. The van der Waals surface area contributed by atoms with E-state index >= 15 is 0 Å². The Labute approximate surface area is 169 Å². The first kappa shape index (κ1) is 20.6. The molecule has 1 aromatic rings. The summed E-state index contributed by atoms with van der Waals surface area (Å²) in [5, 5.41) is 2.91. The van der Waals surface area contributed by atoms with Crippen molar-refractivity contribution in [2.45, 2.75) is 52.4 Å². The molecule has 0 amide bonds. The highest BCUT2D eigenvalue weighted by Crippen LogP contribution is 2.20. The maximum atomic E-state index is 5.46. The molecular formula is C24H36NOS+. The average Bonchev–Trinajstić information content (AvgIpc) is 3.08. The summed E-state index contributed by atoms with van der Waals surface area (Å²) < 4.78 is 6.68. The van der Waals surface area contributed by atoms with Crippen LogP contribution >= 0.6 is 11.3 Å². The van der Waals surface area contributed by atoms with Gasteiger partial charge in [0.05, 0.1) is 26.8 Å². The summed E-state index contributed by atoms with van der Waals surface area (Å²) in [4.78, 5) is 3.15. The highest BCUT2D eigenvalue weighted by atomic mass is 32.1. The molecule has 0 unspecified atom stereocenters. The maximum Gasteiger partial charge on any atom is 0.102 e. The van der Waals surface area contributed by atoms with E-state index in [0.717, 1.165) is 13.2 Å². The summed E-state index contributed by atoms with van der Waals surface area (Å²) in [6.07, 6.45) is 7.88. The lowest BCUT2D eigenvalue weighted by atomic mass is 10.0. The largest absolute Gasteiger partial charge is 0.370 e.